The Hall–Kier alpha value is -1.82. The van der Waals surface area contributed by atoms with Gasteiger partial charge >= 0.3 is 5.97 Å². The molecule has 0 unspecified atom stereocenters. The lowest BCUT2D eigenvalue weighted by atomic mass is 10.2. The lowest BCUT2D eigenvalue weighted by molar-refractivity contribution is -0.140. The molecule has 2 N–H and O–H groups in total. The van der Waals surface area contributed by atoms with E-state index in [1.54, 1.807) is 12.1 Å². The minimum atomic E-state index is -1.08. The molecule has 20 heavy (non-hydrogen) atoms. The van der Waals surface area contributed by atoms with E-state index in [0.717, 1.165) is 10.0 Å². The second-order valence-corrected chi connectivity index (χ2v) is 4.93. The van der Waals surface area contributed by atoms with Gasteiger partial charge in [-0.15, -0.1) is 0 Å². The summed E-state index contributed by atoms with van der Waals surface area (Å²) in [6, 6.07) is 4.52. The van der Waals surface area contributed by atoms with Crippen molar-refractivity contribution in [3.8, 4) is 5.75 Å². The number of amides is 1. The van der Waals surface area contributed by atoms with Crippen LogP contribution in [-0.2, 0) is 9.59 Å². The van der Waals surface area contributed by atoms with E-state index >= 15 is 0 Å². The lowest BCUT2D eigenvalue weighted by Gasteiger charge is -2.08. The molecule has 0 aliphatic carbocycles. The summed E-state index contributed by atoms with van der Waals surface area (Å²) in [5.74, 6) is -0.891. The van der Waals surface area contributed by atoms with E-state index in [1.165, 1.54) is 13.0 Å². The minimum Gasteiger partial charge on any atom is -0.493 e. The maximum atomic E-state index is 11.6. The number of carbonyl (C=O) groups excluding carboxylic acids is 1. The molecule has 0 spiro atoms. The SMILES string of the molecule is CCOc1ccc(Br)cc1/C=C/C(=O)N[C@H](C)C(=O)O. The van der Waals surface area contributed by atoms with Gasteiger partial charge in [-0.1, -0.05) is 15.9 Å². The van der Waals surface area contributed by atoms with Crippen LogP contribution >= 0.6 is 15.9 Å². The van der Waals surface area contributed by atoms with E-state index in [-0.39, 0.29) is 0 Å². The quantitative estimate of drug-likeness (QED) is 0.779. The molecule has 1 aromatic rings. The standard InChI is InChI=1S/C14H16BrNO4/c1-3-20-12-6-5-11(15)8-10(12)4-7-13(17)16-9(2)14(18)19/h4-9H,3H2,1-2H3,(H,16,17)(H,18,19)/b7-4+/t9-/m1/s1. The summed E-state index contributed by atoms with van der Waals surface area (Å²) >= 11 is 3.35. The van der Waals surface area contributed by atoms with E-state index in [2.05, 4.69) is 21.2 Å². The van der Waals surface area contributed by atoms with Crippen molar-refractivity contribution in [3.63, 3.8) is 0 Å². The van der Waals surface area contributed by atoms with Crippen LogP contribution in [0.5, 0.6) is 5.75 Å². The van der Waals surface area contributed by atoms with Crippen molar-refractivity contribution in [2.75, 3.05) is 6.61 Å². The molecule has 1 aromatic carbocycles. The normalized spacial score (nSPS) is 12.2. The van der Waals surface area contributed by atoms with Gasteiger partial charge in [0.05, 0.1) is 6.61 Å². The average molecular weight is 342 g/mol. The van der Waals surface area contributed by atoms with Crippen LogP contribution in [0, 0.1) is 0 Å². The third kappa shape index (κ3) is 5.05. The number of hydrogen-bond acceptors (Lipinski definition) is 3. The second-order valence-electron chi connectivity index (χ2n) is 4.02. The van der Waals surface area contributed by atoms with Gasteiger partial charge in [-0.05, 0) is 38.1 Å². The fraction of sp³-hybridized carbons (Fsp3) is 0.286. The van der Waals surface area contributed by atoms with Crippen LogP contribution in [0.3, 0.4) is 0 Å². The van der Waals surface area contributed by atoms with E-state index < -0.39 is 17.9 Å². The highest BCUT2D eigenvalue weighted by atomic mass is 79.9. The van der Waals surface area contributed by atoms with E-state index in [0.29, 0.717) is 12.4 Å². The van der Waals surface area contributed by atoms with Gasteiger partial charge in [0.2, 0.25) is 5.91 Å². The van der Waals surface area contributed by atoms with Crippen LogP contribution in [0.25, 0.3) is 6.08 Å². The van der Waals surface area contributed by atoms with Gasteiger partial charge in [0.25, 0.3) is 0 Å². The number of benzene rings is 1. The number of rotatable bonds is 6. The van der Waals surface area contributed by atoms with Crippen molar-refractivity contribution in [3.05, 3.63) is 34.3 Å². The first-order valence-electron chi connectivity index (χ1n) is 6.07. The number of halogens is 1. The zero-order valence-corrected chi connectivity index (χ0v) is 12.8. The maximum absolute atomic E-state index is 11.6. The largest absolute Gasteiger partial charge is 0.493 e. The third-order valence-corrected chi connectivity index (χ3v) is 2.91. The molecule has 0 heterocycles. The Kier molecular flexibility index (Phi) is 6.24. The van der Waals surface area contributed by atoms with E-state index in [1.807, 2.05) is 19.1 Å². The lowest BCUT2D eigenvalue weighted by Crippen LogP contribution is -2.37. The first kappa shape index (κ1) is 16.2. The minimum absolute atomic E-state index is 0.470. The molecule has 6 heteroatoms. The number of carboxylic acid groups (broad SMARTS) is 1. The maximum Gasteiger partial charge on any atom is 0.325 e. The van der Waals surface area contributed by atoms with Crippen molar-refractivity contribution in [2.45, 2.75) is 19.9 Å². The average Bonchev–Trinajstić information content (AvgIpc) is 2.39. The molecule has 0 aliphatic rings. The molecule has 0 aromatic heterocycles. The summed E-state index contributed by atoms with van der Waals surface area (Å²) in [7, 11) is 0. The molecule has 108 valence electrons. The highest BCUT2D eigenvalue weighted by molar-refractivity contribution is 9.10. The van der Waals surface area contributed by atoms with Gasteiger partial charge in [0, 0.05) is 16.1 Å². The molecule has 0 bridgehead atoms. The Balaban J connectivity index is 2.81. The Labute approximate surface area is 125 Å². The topological polar surface area (TPSA) is 75.6 Å². The number of ether oxygens (including phenoxy) is 1. The molecule has 0 radical (unpaired) electrons. The fourth-order valence-corrected chi connectivity index (χ4v) is 1.80. The summed E-state index contributed by atoms with van der Waals surface area (Å²) in [6.07, 6.45) is 2.86. The third-order valence-electron chi connectivity index (χ3n) is 2.42. The van der Waals surface area contributed by atoms with Gasteiger partial charge in [0.15, 0.2) is 0 Å². The summed E-state index contributed by atoms with van der Waals surface area (Å²) in [6.45, 7) is 3.79. The van der Waals surface area contributed by atoms with Crippen molar-refractivity contribution < 1.29 is 19.4 Å². The summed E-state index contributed by atoms with van der Waals surface area (Å²) in [5, 5.41) is 11.0. The van der Waals surface area contributed by atoms with Crippen molar-refractivity contribution in [1.82, 2.24) is 5.32 Å². The van der Waals surface area contributed by atoms with E-state index in [9.17, 15) is 9.59 Å². The molecule has 0 saturated heterocycles. The summed E-state index contributed by atoms with van der Waals surface area (Å²) < 4.78 is 6.31. The Morgan fingerprint density at radius 2 is 2.20 bits per heavy atom. The van der Waals surface area contributed by atoms with Gasteiger partial charge in [-0.2, -0.15) is 0 Å². The van der Waals surface area contributed by atoms with Crippen LogP contribution < -0.4 is 10.1 Å². The van der Waals surface area contributed by atoms with Crippen molar-refractivity contribution in [2.24, 2.45) is 0 Å². The predicted octanol–water partition coefficient (Wildman–Crippen LogP) is 2.45. The monoisotopic (exact) mass is 341 g/mol. The first-order chi connectivity index (χ1) is 9.43. The molecular weight excluding hydrogens is 326 g/mol. The fourth-order valence-electron chi connectivity index (χ4n) is 1.43. The number of aliphatic carboxylic acids is 1. The summed E-state index contributed by atoms with van der Waals surface area (Å²) in [4.78, 5) is 22.2. The van der Waals surface area contributed by atoms with Crippen LogP contribution in [0.2, 0.25) is 0 Å². The van der Waals surface area contributed by atoms with E-state index in [4.69, 9.17) is 9.84 Å². The molecule has 0 saturated carbocycles. The van der Waals surface area contributed by atoms with Crippen LogP contribution in [0.4, 0.5) is 0 Å². The second kappa shape index (κ2) is 7.69. The van der Waals surface area contributed by atoms with Crippen LogP contribution in [-0.4, -0.2) is 29.6 Å². The molecule has 1 atom stereocenters. The highest BCUT2D eigenvalue weighted by Gasteiger charge is 2.11. The van der Waals surface area contributed by atoms with Crippen LogP contribution in [0.15, 0.2) is 28.7 Å². The molecule has 1 amide bonds. The van der Waals surface area contributed by atoms with Crippen molar-refractivity contribution in [1.29, 1.82) is 0 Å². The molecular formula is C14H16BrNO4. The molecule has 0 aliphatic heterocycles. The molecule has 0 fully saturated rings. The number of nitrogens with one attached hydrogen (secondary N) is 1. The van der Waals surface area contributed by atoms with Gasteiger partial charge in [-0.25, -0.2) is 0 Å². The van der Waals surface area contributed by atoms with Crippen molar-refractivity contribution >= 4 is 33.9 Å². The van der Waals surface area contributed by atoms with Gasteiger partial charge < -0.3 is 15.2 Å². The molecule has 1 rings (SSSR count). The Morgan fingerprint density at radius 1 is 1.50 bits per heavy atom. The summed E-state index contributed by atoms with van der Waals surface area (Å²) in [5.41, 5.74) is 0.736. The van der Waals surface area contributed by atoms with Gasteiger partial charge in [-0.3, -0.25) is 9.59 Å². The predicted molar refractivity (Wildman–Crippen MR) is 79.6 cm³/mol. The van der Waals surface area contributed by atoms with Crippen LogP contribution in [0.1, 0.15) is 19.4 Å². The number of carboxylic acids is 1. The molecule has 5 nitrogen and oxygen atoms in total. The first-order valence-corrected chi connectivity index (χ1v) is 6.87. The number of carbonyl (C=O) groups is 2. The zero-order chi connectivity index (χ0) is 15.1. The zero-order valence-electron chi connectivity index (χ0n) is 11.2. The number of hydrogen-bond donors (Lipinski definition) is 2. The highest BCUT2D eigenvalue weighted by Crippen LogP contribution is 2.24. The smallest absolute Gasteiger partial charge is 0.325 e. The Bertz CT molecular complexity index is 528. The van der Waals surface area contributed by atoms with Gasteiger partial charge in [0.1, 0.15) is 11.8 Å². The Morgan fingerprint density at radius 3 is 2.80 bits per heavy atom.